The van der Waals surface area contributed by atoms with Crippen LogP contribution in [-0.2, 0) is 11.3 Å². The Balaban J connectivity index is 2.17. The summed E-state index contributed by atoms with van der Waals surface area (Å²) in [7, 11) is 0. The van der Waals surface area contributed by atoms with Crippen molar-refractivity contribution in [3.8, 4) is 0 Å². The quantitative estimate of drug-likeness (QED) is 0.672. The molecule has 0 saturated heterocycles. The van der Waals surface area contributed by atoms with E-state index in [0.717, 1.165) is 5.56 Å². The number of aromatic amines is 2. The number of esters is 1. The van der Waals surface area contributed by atoms with Crippen LogP contribution in [0.4, 0.5) is 5.69 Å². The molecule has 7 nitrogen and oxygen atoms in total. The SMILES string of the molecule is Nc1c(C(=O)OCc2ccccc2)[nH]c(=O)[nH]c1=O. The fourth-order valence-corrected chi connectivity index (χ4v) is 1.45. The van der Waals surface area contributed by atoms with Gasteiger partial charge in [0.15, 0.2) is 5.69 Å². The van der Waals surface area contributed by atoms with Crippen molar-refractivity contribution in [2.24, 2.45) is 0 Å². The maximum atomic E-state index is 11.7. The van der Waals surface area contributed by atoms with Crippen LogP contribution in [0.1, 0.15) is 16.1 Å². The summed E-state index contributed by atoms with van der Waals surface area (Å²) < 4.78 is 4.96. The lowest BCUT2D eigenvalue weighted by Gasteiger charge is -2.05. The molecule has 0 aliphatic rings. The van der Waals surface area contributed by atoms with E-state index in [2.05, 4.69) is 4.98 Å². The summed E-state index contributed by atoms with van der Waals surface area (Å²) in [6.07, 6.45) is 0. The van der Waals surface area contributed by atoms with Crippen molar-refractivity contribution in [1.82, 2.24) is 9.97 Å². The molecule has 0 saturated carbocycles. The summed E-state index contributed by atoms with van der Waals surface area (Å²) in [4.78, 5) is 38.1. The Morgan fingerprint density at radius 1 is 1.16 bits per heavy atom. The minimum atomic E-state index is -0.857. The normalized spacial score (nSPS) is 10.1. The lowest BCUT2D eigenvalue weighted by Crippen LogP contribution is -2.29. The minimum absolute atomic E-state index is 0.0218. The molecule has 19 heavy (non-hydrogen) atoms. The van der Waals surface area contributed by atoms with E-state index in [-0.39, 0.29) is 18.0 Å². The number of hydrogen-bond donors (Lipinski definition) is 3. The summed E-state index contributed by atoms with van der Waals surface area (Å²) in [5.74, 6) is -0.857. The molecular weight excluding hydrogens is 250 g/mol. The molecule has 98 valence electrons. The molecule has 0 radical (unpaired) electrons. The second-order valence-electron chi connectivity index (χ2n) is 3.76. The van der Waals surface area contributed by atoms with E-state index in [1.807, 2.05) is 11.1 Å². The molecule has 0 fully saturated rings. The fraction of sp³-hybridized carbons (Fsp3) is 0.0833. The number of hydrogen-bond acceptors (Lipinski definition) is 5. The van der Waals surface area contributed by atoms with Crippen molar-refractivity contribution < 1.29 is 9.53 Å². The number of aromatic nitrogens is 2. The fourth-order valence-electron chi connectivity index (χ4n) is 1.45. The first-order chi connectivity index (χ1) is 9.08. The predicted octanol–water partition coefficient (Wildman–Crippen LogP) is 0.00240. The first-order valence-electron chi connectivity index (χ1n) is 5.41. The van der Waals surface area contributed by atoms with Gasteiger partial charge in [-0.05, 0) is 5.56 Å². The molecule has 2 rings (SSSR count). The molecule has 0 aliphatic heterocycles. The Hall–Kier alpha value is -2.83. The number of benzene rings is 1. The van der Waals surface area contributed by atoms with Gasteiger partial charge in [-0.2, -0.15) is 0 Å². The smallest absolute Gasteiger partial charge is 0.357 e. The molecule has 0 spiro atoms. The summed E-state index contributed by atoms with van der Waals surface area (Å²) in [6.45, 7) is 0.0218. The van der Waals surface area contributed by atoms with Gasteiger partial charge in [-0.25, -0.2) is 9.59 Å². The number of nitrogens with two attached hydrogens (primary N) is 1. The number of ether oxygens (including phenoxy) is 1. The summed E-state index contributed by atoms with van der Waals surface area (Å²) in [5.41, 5.74) is 3.83. The van der Waals surface area contributed by atoms with E-state index >= 15 is 0 Å². The van der Waals surface area contributed by atoms with Crippen molar-refractivity contribution >= 4 is 11.7 Å². The third-order valence-electron chi connectivity index (χ3n) is 2.40. The van der Waals surface area contributed by atoms with Crippen LogP contribution in [0.2, 0.25) is 0 Å². The molecule has 0 aliphatic carbocycles. The molecule has 0 unspecified atom stereocenters. The van der Waals surface area contributed by atoms with Crippen LogP contribution < -0.4 is 17.0 Å². The highest BCUT2D eigenvalue weighted by Crippen LogP contribution is 2.05. The van der Waals surface area contributed by atoms with Gasteiger partial charge in [0.1, 0.15) is 12.3 Å². The van der Waals surface area contributed by atoms with Crippen molar-refractivity contribution in [2.45, 2.75) is 6.61 Å². The lowest BCUT2D eigenvalue weighted by molar-refractivity contribution is 0.0466. The highest BCUT2D eigenvalue weighted by Gasteiger charge is 2.15. The van der Waals surface area contributed by atoms with E-state index in [9.17, 15) is 14.4 Å². The Morgan fingerprint density at radius 2 is 1.84 bits per heavy atom. The third kappa shape index (κ3) is 2.89. The summed E-state index contributed by atoms with van der Waals surface area (Å²) in [6, 6.07) is 8.98. The average molecular weight is 261 g/mol. The molecule has 7 heteroatoms. The van der Waals surface area contributed by atoms with Gasteiger partial charge >= 0.3 is 11.7 Å². The molecule has 0 bridgehead atoms. The van der Waals surface area contributed by atoms with Gasteiger partial charge in [0.05, 0.1) is 0 Å². The van der Waals surface area contributed by atoms with E-state index in [1.165, 1.54) is 0 Å². The Kier molecular flexibility index (Phi) is 3.46. The van der Waals surface area contributed by atoms with Crippen LogP contribution >= 0.6 is 0 Å². The van der Waals surface area contributed by atoms with Crippen LogP contribution in [0.25, 0.3) is 0 Å². The third-order valence-corrected chi connectivity index (χ3v) is 2.40. The topological polar surface area (TPSA) is 118 Å². The molecule has 1 aromatic heterocycles. The van der Waals surface area contributed by atoms with Crippen molar-refractivity contribution in [1.29, 1.82) is 0 Å². The first-order valence-corrected chi connectivity index (χ1v) is 5.41. The van der Waals surface area contributed by atoms with Crippen molar-refractivity contribution in [3.63, 3.8) is 0 Å². The molecule has 0 atom stereocenters. The van der Waals surface area contributed by atoms with E-state index in [1.54, 1.807) is 24.3 Å². The van der Waals surface area contributed by atoms with Gasteiger partial charge in [0.25, 0.3) is 5.56 Å². The zero-order valence-corrected chi connectivity index (χ0v) is 9.80. The molecule has 4 N–H and O–H groups in total. The largest absolute Gasteiger partial charge is 0.456 e. The van der Waals surface area contributed by atoms with Crippen molar-refractivity contribution in [3.05, 3.63) is 62.4 Å². The Morgan fingerprint density at radius 3 is 2.53 bits per heavy atom. The highest BCUT2D eigenvalue weighted by molar-refractivity contribution is 5.92. The van der Waals surface area contributed by atoms with Gasteiger partial charge < -0.3 is 10.5 Å². The van der Waals surface area contributed by atoms with Crippen LogP contribution in [-0.4, -0.2) is 15.9 Å². The van der Waals surface area contributed by atoms with E-state index < -0.39 is 17.2 Å². The summed E-state index contributed by atoms with van der Waals surface area (Å²) in [5, 5.41) is 0. The molecular formula is C12H11N3O4. The minimum Gasteiger partial charge on any atom is -0.456 e. The van der Waals surface area contributed by atoms with Crippen LogP contribution in [0, 0.1) is 0 Å². The van der Waals surface area contributed by atoms with E-state index in [0.29, 0.717) is 0 Å². The standard InChI is InChI=1S/C12H11N3O4/c13-8-9(14-12(18)15-10(8)16)11(17)19-6-7-4-2-1-3-5-7/h1-5H,6,13H2,(H2,14,15,16,18). The number of anilines is 1. The van der Waals surface area contributed by atoms with Crippen molar-refractivity contribution in [2.75, 3.05) is 5.73 Å². The number of H-pyrrole nitrogens is 2. The molecule has 0 amide bonds. The van der Waals surface area contributed by atoms with Crippen LogP contribution in [0.3, 0.4) is 0 Å². The van der Waals surface area contributed by atoms with Crippen LogP contribution in [0.15, 0.2) is 39.9 Å². The zero-order valence-electron chi connectivity index (χ0n) is 9.80. The molecule has 1 aromatic carbocycles. The van der Waals surface area contributed by atoms with Gasteiger partial charge in [0.2, 0.25) is 0 Å². The Bertz CT molecular complexity index is 703. The maximum Gasteiger partial charge on any atom is 0.357 e. The first kappa shape index (κ1) is 12.6. The number of carbonyl (C=O) groups excluding carboxylic acids is 1. The Labute approximate surface area is 107 Å². The van der Waals surface area contributed by atoms with Gasteiger partial charge in [-0.1, -0.05) is 30.3 Å². The van der Waals surface area contributed by atoms with E-state index in [4.69, 9.17) is 10.5 Å². The second-order valence-corrected chi connectivity index (χ2v) is 3.76. The predicted molar refractivity (Wildman–Crippen MR) is 67.7 cm³/mol. The van der Waals surface area contributed by atoms with Gasteiger partial charge in [0, 0.05) is 0 Å². The number of nitrogens with one attached hydrogen (secondary N) is 2. The molecule has 2 aromatic rings. The average Bonchev–Trinajstić information content (AvgIpc) is 2.41. The number of rotatable bonds is 3. The maximum absolute atomic E-state index is 11.7. The monoisotopic (exact) mass is 261 g/mol. The number of nitrogen functional groups attached to an aromatic ring is 1. The van der Waals surface area contributed by atoms with Gasteiger partial charge in [-0.3, -0.25) is 14.8 Å². The molecule has 1 heterocycles. The number of carbonyl (C=O) groups is 1. The summed E-state index contributed by atoms with van der Waals surface area (Å²) >= 11 is 0. The van der Waals surface area contributed by atoms with Gasteiger partial charge in [-0.15, -0.1) is 0 Å². The zero-order chi connectivity index (χ0) is 13.8. The second kappa shape index (κ2) is 5.21. The highest BCUT2D eigenvalue weighted by atomic mass is 16.5. The lowest BCUT2D eigenvalue weighted by atomic mass is 10.2. The van der Waals surface area contributed by atoms with Crippen LogP contribution in [0.5, 0.6) is 0 Å².